The molecule has 1 aromatic rings. The maximum Gasteiger partial charge on any atom is 0.168 e. The van der Waals surface area contributed by atoms with Gasteiger partial charge in [0.15, 0.2) is 5.79 Å². The van der Waals surface area contributed by atoms with Crippen LogP contribution in [0.15, 0.2) is 18.2 Å². The molecule has 0 radical (unpaired) electrons. The highest BCUT2D eigenvalue weighted by Crippen LogP contribution is 2.56. The number of fused-ring (bicyclic) bond motifs is 3. The zero-order valence-electron chi connectivity index (χ0n) is 16.5. The third-order valence-electron chi connectivity index (χ3n) is 8.07. The van der Waals surface area contributed by atoms with Crippen molar-refractivity contribution in [2.75, 3.05) is 13.2 Å². The van der Waals surface area contributed by atoms with Crippen LogP contribution >= 0.6 is 0 Å². The lowest BCUT2D eigenvalue weighted by Gasteiger charge is -2.52. The van der Waals surface area contributed by atoms with Crippen molar-refractivity contribution >= 4 is 0 Å². The molecule has 3 saturated carbocycles. The van der Waals surface area contributed by atoms with E-state index in [4.69, 9.17) is 9.47 Å². The number of rotatable bonds is 1. The van der Waals surface area contributed by atoms with E-state index >= 15 is 0 Å². The molecule has 1 aromatic carbocycles. The van der Waals surface area contributed by atoms with Gasteiger partial charge in [-0.2, -0.15) is 0 Å². The SMILES string of the molecule is Cc1cc(C)cc(C2CCC3C(CCC4CC5(CCC43)OCCO5)C2)c1. The average molecular weight is 355 g/mol. The Balaban J connectivity index is 1.28. The number of aryl methyl sites for hydroxylation is 2. The van der Waals surface area contributed by atoms with Crippen LogP contribution in [0.3, 0.4) is 0 Å². The third kappa shape index (κ3) is 3.03. The lowest BCUT2D eigenvalue weighted by atomic mass is 9.55. The second kappa shape index (κ2) is 6.63. The molecule has 4 aliphatic rings. The molecule has 1 heterocycles. The topological polar surface area (TPSA) is 18.5 Å². The van der Waals surface area contributed by atoms with Crippen LogP contribution in [0.4, 0.5) is 0 Å². The molecule has 4 fully saturated rings. The molecule has 142 valence electrons. The molecule has 5 rings (SSSR count). The normalized spacial score (nSPS) is 38.8. The fourth-order valence-electron chi connectivity index (χ4n) is 7.07. The standard InChI is InChI=1S/C24H34O2/c1-16-11-17(2)13-21(12-16)18-5-6-22-19(14-18)3-4-20-15-24(8-7-23(20)22)25-9-10-26-24/h11-13,18-20,22-23H,3-10,14-15H2,1-2H3. The van der Waals surface area contributed by atoms with Gasteiger partial charge in [-0.15, -0.1) is 0 Å². The smallest absolute Gasteiger partial charge is 0.168 e. The average Bonchev–Trinajstić information content (AvgIpc) is 3.07. The minimum absolute atomic E-state index is 0.190. The van der Waals surface area contributed by atoms with E-state index in [2.05, 4.69) is 32.0 Å². The summed E-state index contributed by atoms with van der Waals surface area (Å²) >= 11 is 0. The molecular formula is C24H34O2. The van der Waals surface area contributed by atoms with Crippen molar-refractivity contribution in [2.24, 2.45) is 23.7 Å². The molecule has 0 aromatic heterocycles. The molecule has 3 aliphatic carbocycles. The molecule has 5 atom stereocenters. The second-order valence-electron chi connectivity index (χ2n) is 9.71. The fraction of sp³-hybridized carbons (Fsp3) is 0.750. The highest BCUT2D eigenvalue weighted by atomic mass is 16.7. The lowest BCUT2D eigenvalue weighted by Crippen LogP contribution is -2.47. The molecular weight excluding hydrogens is 320 g/mol. The van der Waals surface area contributed by atoms with Gasteiger partial charge in [0.05, 0.1) is 13.2 Å². The van der Waals surface area contributed by atoms with Gasteiger partial charge < -0.3 is 9.47 Å². The van der Waals surface area contributed by atoms with Crippen LogP contribution in [0.25, 0.3) is 0 Å². The molecule has 2 heteroatoms. The van der Waals surface area contributed by atoms with E-state index in [0.29, 0.717) is 0 Å². The van der Waals surface area contributed by atoms with Gasteiger partial charge in [-0.05, 0) is 87.5 Å². The fourth-order valence-corrected chi connectivity index (χ4v) is 7.07. The second-order valence-corrected chi connectivity index (χ2v) is 9.71. The Hall–Kier alpha value is -0.860. The van der Waals surface area contributed by atoms with Gasteiger partial charge in [-0.1, -0.05) is 29.3 Å². The van der Waals surface area contributed by atoms with Gasteiger partial charge in [0, 0.05) is 12.8 Å². The van der Waals surface area contributed by atoms with Crippen molar-refractivity contribution in [1.29, 1.82) is 0 Å². The molecule has 0 amide bonds. The van der Waals surface area contributed by atoms with Gasteiger partial charge in [-0.3, -0.25) is 0 Å². The lowest BCUT2D eigenvalue weighted by molar-refractivity contribution is -0.205. The van der Waals surface area contributed by atoms with Gasteiger partial charge >= 0.3 is 0 Å². The monoisotopic (exact) mass is 354 g/mol. The predicted octanol–water partition coefficient (Wildman–Crippen LogP) is 5.76. The van der Waals surface area contributed by atoms with Crippen molar-refractivity contribution in [2.45, 2.75) is 76.9 Å². The summed E-state index contributed by atoms with van der Waals surface area (Å²) in [4.78, 5) is 0. The Morgan fingerprint density at radius 1 is 0.808 bits per heavy atom. The highest BCUT2D eigenvalue weighted by molar-refractivity contribution is 5.31. The quantitative estimate of drug-likeness (QED) is 0.638. The molecule has 26 heavy (non-hydrogen) atoms. The van der Waals surface area contributed by atoms with Crippen molar-refractivity contribution in [1.82, 2.24) is 0 Å². The van der Waals surface area contributed by atoms with Crippen molar-refractivity contribution in [3.8, 4) is 0 Å². The molecule has 1 spiro atoms. The van der Waals surface area contributed by atoms with E-state index in [1.807, 2.05) is 0 Å². The zero-order valence-corrected chi connectivity index (χ0v) is 16.5. The van der Waals surface area contributed by atoms with Crippen LogP contribution in [-0.4, -0.2) is 19.0 Å². The Labute approximate surface area is 158 Å². The first-order chi connectivity index (χ1) is 12.6. The van der Waals surface area contributed by atoms with E-state index < -0.39 is 0 Å². The summed E-state index contributed by atoms with van der Waals surface area (Å²) in [6.07, 6.45) is 10.7. The van der Waals surface area contributed by atoms with E-state index in [1.165, 1.54) is 56.1 Å². The van der Waals surface area contributed by atoms with Crippen molar-refractivity contribution in [3.63, 3.8) is 0 Å². The van der Waals surface area contributed by atoms with Gasteiger partial charge in [0.25, 0.3) is 0 Å². The Morgan fingerprint density at radius 3 is 2.27 bits per heavy atom. The van der Waals surface area contributed by atoms with E-state index in [-0.39, 0.29) is 5.79 Å². The van der Waals surface area contributed by atoms with Crippen LogP contribution in [0, 0.1) is 37.5 Å². The zero-order chi connectivity index (χ0) is 17.7. The van der Waals surface area contributed by atoms with E-state index in [0.717, 1.165) is 49.2 Å². The van der Waals surface area contributed by atoms with Crippen molar-refractivity contribution < 1.29 is 9.47 Å². The van der Waals surface area contributed by atoms with Crippen molar-refractivity contribution in [3.05, 3.63) is 34.9 Å². The summed E-state index contributed by atoms with van der Waals surface area (Å²) in [6.45, 7) is 6.11. The van der Waals surface area contributed by atoms with Crippen LogP contribution in [-0.2, 0) is 9.47 Å². The Bertz CT molecular complexity index is 640. The van der Waals surface area contributed by atoms with E-state index in [1.54, 1.807) is 5.56 Å². The number of hydrogen-bond donors (Lipinski definition) is 0. The summed E-state index contributed by atoms with van der Waals surface area (Å²) < 4.78 is 12.1. The first-order valence-electron chi connectivity index (χ1n) is 11.0. The minimum atomic E-state index is -0.190. The maximum absolute atomic E-state index is 6.04. The summed E-state index contributed by atoms with van der Waals surface area (Å²) in [5.41, 5.74) is 4.47. The molecule has 1 aliphatic heterocycles. The largest absolute Gasteiger partial charge is 0.348 e. The molecule has 0 bridgehead atoms. The maximum atomic E-state index is 6.04. The highest BCUT2D eigenvalue weighted by Gasteiger charge is 2.50. The molecule has 1 saturated heterocycles. The number of hydrogen-bond acceptors (Lipinski definition) is 2. The summed E-state index contributed by atoms with van der Waals surface area (Å²) in [7, 11) is 0. The Morgan fingerprint density at radius 2 is 1.50 bits per heavy atom. The van der Waals surface area contributed by atoms with Crippen LogP contribution in [0.5, 0.6) is 0 Å². The first kappa shape index (κ1) is 17.3. The van der Waals surface area contributed by atoms with Crippen LogP contribution in [0.1, 0.15) is 74.0 Å². The molecule has 5 unspecified atom stereocenters. The first-order valence-corrected chi connectivity index (χ1v) is 11.0. The third-order valence-corrected chi connectivity index (χ3v) is 8.07. The Kier molecular flexibility index (Phi) is 4.40. The summed E-state index contributed by atoms with van der Waals surface area (Å²) in [5, 5.41) is 0. The molecule has 0 N–H and O–H groups in total. The van der Waals surface area contributed by atoms with Gasteiger partial charge in [-0.25, -0.2) is 0 Å². The predicted molar refractivity (Wildman–Crippen MR) is 104 cm³/mol. The summed E-state index contributed by atoms with van der Waals surface area (Å²) in [5.74, 6) is 4.31. The minimum Gasteiger partial charge on any atom is -0.348 e. The van der Waals surface area contributed by atoms with E-state index in [9.17, 15) is 0 Å². The van der Waals surface area contributed by atoms with Crippen LogP contribution in [0.2, 0.25) is 0 Å². The number of ether oxygens (including phenoxy) is 2. The van der Waals surface area contributed by atoms with Gasteiger partial charge in [0.1, 0.15) is 0 Å². The van der Waals surface area contributed by atoms with Crippen LogP contribution < -0.4 is 0 Å². The molecule has 2 nitrogen and oxygen atoms in total. The summed E-state index contributed by atoms with van der Waals surface area (Å²) in [6, 6.07) is 7.21. The number of benzene rings is 1. The van der Waals surface area contributed by atoms with Gasteiger partial charge in [0.2, 0.25) is 0 Å².